The maximum atomic E-state index is 13.5. The first-order valence-corrected chi connectivity index (χ1v) is 15.2. The second-order valence-corrected chi connectivity index (χ2v) is 11.5. The van der Waals surface area contributed by atoms with Crippen molar-refractivity contribution in [3.63, 3.8) is 0 Å². The number of aliphatic carboxylic acids is 1. The third-order valence-electron chi connectivity index (χ3n) is 7.34. The average molecular weight is 613 g/mol. The SMILES string of the molecule is CC(C)CC(NC(=O)C(N)CCCCN)C(=O)NC(CCCCN)C(=O)NC(CCC(N)=O)C(=O)N1CCCC1C(=O)O. The molecule has 0 aromatic rings. The van der Waals surface area contributed by atoms with E-state index in [1.54, 1.807) is 0 Å². The van der Waals surface area contributed by atoms with E-state index in [1.165, 1.54) is 4.90 Å². The van der Waals surface area contributed by atoms with E-state index in [2.05, 4.69) is 16.0 Å². The average Bonchev–Trinajstić information content (AvgIpc) is 3.44. The highest BCUT2D eigenvalue weighted by Crippen LogP contribution is 2.20. The van der Waals surface area contributed by atoms with Crippen LogP contribution in [0.25, 0.3) is 0 Å². The van der Waals surface area contributed by atoms with Crippen molar-refractivity contribution in [1.29, 1.82) is 0 Å². The molecule has 5 atom stereocenters. The number of rotatable bonds is 21. The quantitative estimate of drug-likeness (QED) is 0.0689. The third-order valence-corrected chi connectivity index (χ3v) is 7.34. The number of carbonyl (C=O) groups is 6. The number of carboxylic acids is 1. The molecule has 43 heavy (non-hydrogen) atoms. The Morgan fingerprint density at radius 2 is 1.37 bits per heavy atom. The number of likely N-dealkylation sites (tertiary alicyclic amines) is 1. The van der Waals surface area contributed by atoms with Gasteiger partial charge in [-0.15, -0.1) is 0 Å². The third kappa shape index (κ3) is 13.7. The van der Waals surface area contributed by atoms with Crippen molar-refractivity contribution in [2.45, 2.75) is 115 Å². The molecule has 0 radical (unpaired) electrons. The van der Waals surface area contributed by atoms with Crippen molar-refractivity contribution in [3.8, 4) is 0 Å². The standard InChI is InChI=1S/C28H52N8O7/c1-17(2)16-21(35-24(38)18(31)8-3-5-13-29)26(40)33-19(9-4-6-14-30)25(39)34-20(11-12-23(32)37)27(41)36-15-7-10-22(36)28(42)43/h17-22H,3-16,29-31H2,1-2H3,(H2,32,37)(H,33,40)(H,34,39)(H,35,38)(H,42,43). The van der Waals surface area contributed by atoms with E-state index in [9.17, 15) is 33.9 Å². The van der Waals surface area contributed by atoms with Gasteiger partial charge < -0.3 is 48.9 Å². The van der Waals surface area contributed by atoms with Crippen LogP contribution in [0.5, 0.6) is 0 Å². The van der Waals surface area contributed by atoms with Gasteiger partial charge in [0.05, 0.1) is 6.04 Å². The van der Waals surface area contributed by atoms with E-state index >= 15 is 0 Å². The summed E-state index contributed by atoms with van der Waals surface area (Å²) in [6.45, 7) is 4.81. The Kier molecular flexibility index (Phi) is 17.4. The molecule has 0 aromatic carbocycles. The first-order valence-electron chi connectivity index (χ1n) is 15.2. The Bertz CT molecular complexity index is 948. The van der Waals surface area contributed by atoms with E-state index in [0.717, 1.165) is 0 Å². The van der Waals surface area contributed by atoms with Crippen LogP contribution < -0.4 is 38.9 Å². The van der Waals surface area contributed by atoms with Crippen molar-refractivity contribution in [1.82, 2.24) is 20.9 Å². The van der Waals surface area contributed by atoms with E-state index < -0.39 is 65.7 Å². The van der Waals surface area contributed by atoms with Gasteiger partial charge in [-0.25, -0.2) is 4.79 Å². The van der Waals surface area contributed by atoms with Gasteiger partial charge in [0.25, 0.3) is 0 Å². The zero-order valence-corrected chi connectivity index (χ0v) is 25.5. The highest BCUT2D eigenvalue weighted by atomic mass is 16.4. The summed E-state index contributed by atoms with van der Waals surface area (Å²) in [7, 11) is 0. The number of nitrogens with zero attached hydrogens (tertiary/aromatic N) is 1. The van der Waals surface area contributed by atoms with Gasteiger partial charge in [-0.1, -0.05) is 20.3 Å². The van der Waals surface area contributed by atoms with Gasteiger partial charge in [0.1, 0.15) is 24.2 Å². The molecule has 1 aliphatic rings. The molecule has 0 aromatic heterocycles. The first-order chi connectivity index (χ1) is 20.3. The summed E-state index contributed by atoms with van der Waals surface area (Å²) in [4.78, 5) is 77.4. The minimum absolute atomic E-state index is 0.0208. The molecule has 15 heteroatoms. The Morgan fingerprint density at radius 1 is 0.814 bits per heavy atom. The van der Waals surface area contributed by atoms with Gasteiger partial charge in [0.15, 0.2) is 0 Å². The molecule has 1 aliphatic heterocycles. The topological polar surface area (TPSA) is 266 Å². The maximum absolute atomic E-state index is 13.5. The summed E-state index contributed by atoms with van der Waals surface area (Å²) < 4.78 is 0. The Balaban J connectivity index is 3.12. The highest BCUT2D eigenvalue weighted by Gasteiger charge is 2.38. The number of hydrogen-bond donors (Lipinski definition) is 8. The first kappa shape index (κ1) is 37.7. The molecule has 12 N–H and O–H groups in total. The number of carbonyl (C=O) groups excluding carboxylic acids is 5. The van der Waals surface area contributed by atoms with E-state index in [0.29, 0.717) is 51.6 Å². The lowest BCUT2D eigenvalue weighted by atomic mass is 10.0. The molecule has 5 unspecified atom stereocenters. The van der Waals surface area contributed by atoms with Crippen LogP contribution in [0.2, 0.25) is 0 Å². The smallest absolute Gasteiger partial charge is 0.326 e. The zero-order chi connectivity index (χ0) is 32.5. The number of amides is 5. The Labute approximate surface area is 253 Å². The summed E-state index contributed by atoms with van der Waals surface area (Å²) in [5.41, 5.74) is 22.4. The number of hydrogen-bond acceptors (Lipinski definition) is 9. The molecule has 15 nitrogen and oxygen atoms in total. The van der Waals surface area contributed by atoms with Crippen molar-refractivity contribution >= 4 is 35.5 Å². The predicted molar refractivity (Wildman–Crippen MR) is 160 cm³/mol. The molecule has 5 amide bonds. The Hall–Kier alpha value is -3.30. The van der Waals surface area contributed by atoms with Crippen molar-refractivity contribution < 1.29 is 33.9 Å². The molecular formula is C28H52N8O7. The van der Waals surface area contributed by atoms with Crippen LogP contribution in [0.3, 0.4) is 0 Å². The van der Waals surface area contributed by atoms with Gasteiger partial charge in [0.2, 0.25) is 29.5 Å². The van der Waals surface area contributed by atoms with Crippen molar-refractivity contribution in [2.75, 3.05) is 19.6 Å². The molecule has 0 bridgehead atoms. The van der Waals surface area contributed by atoms with Crippen molar-refractivity contribution in [2.24, 2.45) is 28.9 Å². The molecule has 0 spiro atoms. The fourth-order valence-electron chi connectivity index (χ4n) is 4.96. The van der Waals surface area contributed by atoms with Crippen LogP contribution >= 0.6 is 0 Å². The Morgan fingerprint density at radius 3 is 1.93 bits per heavy atom. The molecule has 1 rings (SSSR count). The van der Waals surface area contributed by atoms with E-state index in [-0.39, 0.29) is 44.6 Å². The minimum Gasteiger partial charge on any atom is -0.480 e. The number of unbranched alkanes of at least 4 members (excludes halogenated alkanes) is 2. The maximum Gasteiger partial charge on any atom is 0.326 e. The minimum atomic E-state index is -1.23. The molecule has 0 saturated carbocycles. The second kappa shape index (κ2) is 19.8. The van der Waals surface area contributed by atoms with Gasteiger partial charge in [0, 0.05) is 13.0 Å². The highest BCUT2D eigenvalue weighted by molar-refractivity contribution is 5.95. The van der Waals surface area contributed by atoms with E-state index in [1.807, 2.05) is 13.8 Å². The van der Waals surface area contributed by atoms with Crippen LogP contribution in [0, 0.1) is 5.92 Å². The van der Waals surface area contributed by atoms with Crippen LogP contribution in [-0.2, 0) is 28.8 Å². The lowest BCUT2D eigenvalue weighted by Gasteiger charge is -2.29. The molecule has 0 aliphatic carbocycles. The van der Waals surface area contributed by atoms with Gasteiger partial charge in [-0.3, -0.25) is 24.0 Å². The zero-order valence-electron chi connectivity index (χ0n) is 25.5. The van der Waals surface area contributed by atoms with Gasteiger partial charge >= 0.3 is 5.97 Å². The second-order valence-electron chi connectivity index (χ2n) is 11.5. The summed E-state index contributed by atoms with van der Waals surface area (Å²) >= 11 is 0. The fourth-order valence-corrected chi connectivity index (χ4v) is 4.96. The molecule has 1 fully saturated rings. The lowest BCUT2D eigenvalue weighted by Crippen LogP contribution is -2.58. The van der Waals surface area contributed by atoms with Crippen LogP contribution in [-0.4, -0.2) is 95.4 Å². The number of nitrogens with one attached hydrogen (secondary N) is 3. The lowest BCUT2D eigenvalue weighted by molar-refractivity contribution is -0.149. The number of primary amides is 1. The molecular weight excluding hydrogens is 560 g/mol. The fraction of sp³-hybridized carbons (Fsp3) is 0.786. The number of carboxylic acid groups (broad SMARTS) is 1. The predicted octanol–water partition coefficient (Wildman–Crippen LogP) is -1.59. The van der Waals surface area contributed by atoms with E-state index in [4.69, 9.17) is 22.9 Å². The molecule has 246 valence electrons. The van der Waals surface area contributed by atoms with Gasteiger partial charge in [-0.05, 0) is 76.8 Å². The van der Waals surface area contributed by atoms with Gasteiger partial charge in [-0.2, -0.15) is 0 Å². The van der Waals surface area contributed by atoms with Crippen LogP contribution in [0.4, 0.5) is 0 Å². The monoisotopic (exact) mass is 612 g/mol. The normalized spacial score (nSPS) is 17.5. The molecule has 1 heterocycles. The number of nitrogens with two attached hydrogens (primary N) is 4. The summed E-state index contributed by atoms with van der Waals surface area (Å²) in [6.07, 6.45) is 3.71. The summed E-state index contributed by atoms with van der Waals surface area (Å²) in [6, 6.07) is -5.16. The molecule has 1 saturated heterocycles. The largest absolute Gasteiger partial charge is 0.480 e. The van der Waals surface area contributed by atoms with Crippen LogP contribution in [0.1, 0.15) is 84.5 Å². The van der Waals surface area contributed by atoms with Crippen molar-refractivity contribution in [3.05, 3.63) is 0 Å². The summed E-state index contributed by atoms with van der Waals surface area (Å²) in [5.74, 6) is -4.23. The van der Waals surface area contributed by atoms with Crippen LogP contribution in [0.15, 0.2) is 0 Å². The summed E-state index contributed by atoms with van der Waals surface area (Å²) in [5, 5.41) is 17.6.